The van der Waals surface area contributed by atoms with Crippen LogP contribution in [0.1, 0.15) is 22.3 Å². The van der Waals surface area contributed by atoms with Gasteiger partial charge in [-0.1, -0.05) is 176 Å². The van der Waals surface area contributed by atoms with Gasteiger partial charge in [0.25, 0.3) is 0 Å². The van der Waals surface area contributed by atoms with Gasteiger partial charge in [-0.3, -0.25) is 0 Å². The summed E-state index contributed by atoms with van der Waals surface area (Å²) in [6.45, 7) is 0. The maximum absolute atomic E-state index is 2.53. The minimum Gasteiger partial charge on any atom is -0.0619 e. The molecule has 0 heterocycles. The zero-order valence-electron chi connectivity index (χ0n) is 30.0. The van der Waals surface area contributed by atoms with E-state index in [0.717, 1.165) is 0 Å². The molecule has 2 aliphatic rings. The van der Waals surface area contributed by atoms with Crippen molar-refractivity contribution in [1.82, 2.24) is 0 Å². The van der Waals surface area contributed by atoms with Gasteiger partial charge in [-0.25, -0.2) is 0 Å². The Kier molecular flexibility index (Phi) is 5.65. The van der Waals surface area contributed by atoms with Crippen LogP contribution in [0, 0.1) is 0 Å². The van der Waals surface area contributed by atoms with Crippen LogP contribution < -0.4 is 0 Å². The molecule has 55 heavy (non-hydrogen) atoms. The van der Waals surface area contributed by atoms with Crippen LogP contribution in [0.25, 0.3) is 98.4 Å². The Bertz CT molecular complexity index is 3320. The maximum Gasteiger partial charge on any atom is 0.0731 e. The number of hydrogen-bond donors (Lipinski definition) is 0. The zero-order valence-corrected chi connectivity index (χ0v) is 30.0. The second-order valence-electron chi connectivity index (χ2n) is 15.5. The van der Waals surface area contributed by atoms with Crippen molar-refractivity contribution < 1.29 is 0 Å². The Morgan fingerprint density at radius 1 is 0.255 bits per heavy atom. The third kappa shape index (κ3) is 3.71. The average Bonchev–Trinajstić information content (AvgIpc) is 3.72. The zero-order chi connectivity index (χ0) is 35.8. The van der Waals surface area contributed by atoms with Crippen molar-refractivity contribution in [3.05, 3.63) is 216 Å². The third-order valence-electron chi connectivity index (χ3n) is 13.0. The summed E-state index contributed by atoms with van der Waals surface area (Å²) in [6, 6.07) is 73.5. The predicted octanol–water partition coefficient (Wildman–Crippen LogP) is 14.6. The summed E-state index contributed by atoms with van der Waals surface area (Å²) >= 11 is 0. The van der Waals surface area contributed by atoms with Crippen LogP contribution in [0.5, 0.6) is 0 Å². The first-order valence-electron chi connectivity index (χ1n) is 19.3. The number of benzene rings is 11. The summed E-state index contributed by atoms with van der Waals surface area (Å²) < 4.78 is 0. The fourth-order valence-corrected chi connectivity index (χ4v) is 10.8. The Hall–Kier alpha value is -7.02. The molecule has 0 N–H and O–H groups in total. The van der Waals surface area contributed by atoms with Gasteiger partial charge in [0, 0.05) is 0 Å². The molecule has 0 nitrogen and oxygen atoms in total. The molecule has 0 radical (unpaired) electrons. The topological polar surface area (TPSA) is 0 Å². The van der Waals surface area contributed by atoms with E-state index in [2.05, 4.69) is 194 Å². The molecule has 252 valence electrons. The van der Waals surface area contributed by atoms with Crippen LogP contribution in [0.15, 0.2) is 194 Å². The van der Waals surface area contributed by atoms with Crippen molar-refractivity contribution in [3.63, 3.8) is 0 Å². The SMILES string of the molecule is c1ccc2c(c1)-c1ccccc1C21c2cc(-c3cc4ccc5cccc6ccc(c3)c4c56)ccc2-c2ccc3c(-c4cccc5ccccc45)cccc3c21. The average molecular weight is 693 g/mol. The summed E-state index contributed by atoms with van der Waals surface area (Å²) in [7, 11) is 0. The van der Waals surface area contributed by atoms with Crippen LogP contribution in [0.3, 0.4) is 0 Å². The highest BCUT2D eigenvalue weighted by molar-refractivity contribution is 6.24. The number of fused-ring (bicyclic) bond motifs is 13. The quantitative estimate of drug-likeness (QED) is 0.158. The van der Waals surface area contributed by atoms with Gasteiger partial charge in [0.2, 0.25) is 0 Å². The Morgan fingerprint density at radius 3 is 1.53 bits per heavy atom. The molecule has 11 aromatic rings. The molecule has 0 heteroatoms. The fourth-order valence-electron chi connectivity index (χ4n) is 10.8. The van der Waals surface area contributed by atoms with E-state index < -0.39 is 5.41 Å². The molecule has 13 rings (SSSR count). The summed E-state index contributed by atoms with van der Waals surface area (Å²) in [6.07, 6.45) is 0. The molecule has 0 saturated heterocycles. The van der Waals surface area contributed by atoms with E-state index in [1.807, 2.05) is 0 Å². The van der Waals surface area contributed by atoms with Gasteiger partial charge in [-0.05, 0) is 139 Å². The maximum atomic E-state index is 2.53. The molecule has 0 atom stereocenters. The smallest absolute Gasteiger partial charge is 0.0619 e. The minimum atomic E-state index is -0.471. The second-order valence-corrected chi connectivity index (χ2v) is 15.5. The molecule has 0 fully saturated rings. The molecule has 0 unspecified atom stereocenters. The lowest BCUT2D eigenvalue weighted by atomic mass is 9.69. The van der Waals surface area contributed by atoms with Crippen molar-refractivity contribution in [2.24, 2.45) is 0 Å². The van der Waals surface area contributed by atoms with Crippen molar-refractivity contribution in [1.29, 1.82) is 0 Å². The van der Waals surface area contributed by atoms with E-state index in [4.69, 9.17) is 0 Å². The fraction of sp³-hybridized carbons (Fsp3) is 0.0182. The second kappa shape index (κ2) is 10.6. The molecule has 0 saturated carbocycles. The number of rotatable bonds is 2. The lowest BCUT2D eigenvalue weighted by Gasteiger charge is -2.32. The van der Waals surface area contributed by atoms with Crippen LogP contribution in [-0.2, 0) is 5.41 Å². The van der Waals surface area contributed by atoms with Crippen molar-refractivity contribution >= 4 is 53.9 Å². The van der Waals surface area contributed by atoms with Gasteiger partial charge in [0.1, 0.15) is 0 Å². The standard InChI is InChI=1S/C55H32/c1-2-14-40-33(10-1)11-8-17-41(40)42-18-9-19-47-43(42)28-29-48-46-27-26-36(39-30-37-24-22-34-12-7-13-35-23-25-38(31-39)53(37)52(34)35)32-51(46)55(54(47)48)49-20-5-3-15-44(49)45-16-4-6-21-50(45)55/h1-32H. The van der Waals surface area contributed by atoms with Gasteiger partial charge >= 0.3 is 0 Å². The normalized spacial score (nSPS) is 13.6. The third-order valence-corrected chi connectivity index (χ3v) is 13.0. The lowest BCUT2D eigenvalue weighted by molar-refractivity contribution is 0.801. The molecule has 0 amide bonds. The van der Waals surface area contributed by atoms with Crippen LogP contribution >= 0.6 is 0 Å². The molecule has 0 aliphatic heterocycles. The first-order valence-corrected chi connectivity index (χ1v) is 19.3. The van der Waals surface area contributed by atoms with Gasteiger partial charge in [0.15, 0.2) is 0 Å². The van der Waals surface area contributed by atoms with Crippen molar-refractivity contribution in [2.75, 3.05) is 0 Å². The summed E-state index contributed by atoms with van der Waals surface area (Å²) in [5.74, 6) is 0. The first kappa shape index (κ1) is 29.4. The predicted molar refractivity (Wildman–Crippen MR) is 232 cm³/mol. The minimum absolute atomic E-state index is 0.471. The molecule has 1 spiro atoms. The van der Waals surface area contributed by atoms with Crippen LogP contribution in [0.2, 0.25) is 0 Å². The summed E-state index contributed by atoms with van der Waals surface area (Å²) in [5, 5.41) is 13.1. The highest BCUT2D eigenvalue weighted by Gasteiger charge is 2.52. The van der Waals surface area contributed by atoms with Crippen molar-refractivity contribution in [2.45, 2.75) is 5.41 Å². The van der Waals surface area contributed by atoms with E-state index in [1.54, 1.807) is 0 Å². The number of hydrogen-bond acceptors (Lipinski definition) is 0. The van der Waals surface area contributed by atoms with Gasteiger partial charge < -0.3 is 0 Å². The molecular formula is C55H32. The molecular weight excluding hydrogens is 661 g/mol. The van der Waals surface area contributed by atoms with Crippen LogP contribution in [0.4, 0.5) is 0 Å². The summed E-state index contributed by atoms with van der Waals surface area (Å²) in [5.41, 5.74) is 15.4. The van der Waals surface area contributed by atoms with Gasteiger partial charge in [-0.15, -0.1) is 0 Å². The Balaban J connectivity index is 1.12. The molecule has 0 bridgehead atoms. The van der Waals surface area contributed by atoms with Crippen LogP contribution in [-0.4, -0.2) is 0 Å². The highest BCUT2D eigenvalue weighted by atomic mass is 14.5. The van der Waals surface area contributed by atoms with Crippen molar-refractivity contribution in [3.8, 4) is 44.5 Å². The monoisotopic (exact) mass is 692 g/mol. The highest BCUT2D eigenvalue weighted by Crippen LogP contribution is 2.64. The van der Waals surface area contributed by atoms with E-state index >= 15 is 0 Å². The van der Waals surface area contributed by atoms with Gasteiger partial charge in [-0.2, -0.15) is 0 Å². The molecule has 11 aromatic carbocycles. The first-order chi connectivity index (χ1) is 27.3. The molecule has 0 aromatic heterocycles. The Labute approximate surface area is 318 Å². The van der Waals surface area contributed by atoms with E-state index in [9.17, 15) is 0 Å². The van der Waals surface area contributed by atoms with E-state index in [1.165, 1.54) is 121 Å². The lowest BCUT2D eigenvalue weighted by Crippen LogP contribution is -2.26. The van der Waals surface area contributed by atoms with E-state index in [-0.39, 0.29) is 0 Å². The Morgan fingerprint density at radius 2 is 0.764 bits per heavy atom. The van der Waals surface area contributed by atoms with Gasteiger partial charge in [0.05, 0.1) is 5.41 Å². The summed E-state index contributed by atoms with van der Waals surface area (Å²) in [4.78, 5) is 0. The largest absolute Gasteiger partial charge is 0.0731 e. The van der Waals surface area contributed by atoms with E-state index in [0.29, 0.717) is 0 Å². The molecule has 2 aliphatic carbocycles.